The van der Waals surface area contributed by atoms with Crippen LogP contribution in [0.25, 0.3) is 21.7 Å². The average Bonchev–Trinajstić information content (AvgIpc) is 3.13. The molecule has 0 atom stereocenters. The maximum absolute atomic E-state index is 4.83. The molecule has 2 nitrogen and oxygen atoms in total. The number of aliphatic imine (C=N–C) groups is 1. The Labute approximate surface area is 171 Å². The first kappa shape index (κ1) is 17.8. The van der Waals surface area contributed by atoms with Crippen LogP contribution in [0.15, 0.2) is 88.3 Å². The van der Waals surface area contributed by atoms with Crippen LogP contribution in [0.5, 0.6) is 0 Å². The number of aromatic nitrogens is 1. The summed E-state index contributed by atoms with van der Waals surface area (Å²) in [5.41, 5.74) is 5.54. The maximum atomic E-state index is 4.83. The summed E-state index contributed by atoms with van der Waals surface area (Å²) in [5.74, 6) is 0. The maximum Gasteiger partial charge on any atom is 0.210 e. The summed E-state index contributed by atoms with van der Waals surface area (Å²) in [5, 5.41) is 0.757. The number of rotatable bonds is 4. The predicted octanol–water partition coefficient (Wildman–Crippen LogP) is 7.30. The van der Waals surface area contributed by atoms with Gasteiger partial charge in [-0.15, -0.1) is 0 Å². The number of halogens is 1. The summed E-state index contributed by atoms with van der Waals surface area (Å²) in [4.78, 5) is 10.6. The SMILES string of the molecule is Cc1ccc(-c2nc(N=Cc3ccc(Br)cc3)sc2-c2ccccc2)cc1. The van der Waals surface area contributed by atoms with Gasteiger partial charge in [0, 0.05) is 16.3 Å². The van der Waals surface area contributed by atoms with E-state index in [4.69, 9.17) is 4.98 Å². The molecule has 3 aromatic carbocycles. The molecule has 0 unspecified atom stereocenters. The second-order valence-electron chi connectivity index (χ2n) is 6.22. The van der Waals surface area contributed by atoms with Gasteiger partial charge in [-0.05, 0) is 30.2 Å². The first-order valence-electron chi connectivity index (χ1n) is 8.62. The molecule has 27 heavy (non-hydrogen) atoms. The fourth-order valence-electron chi connectivity index (χ4n) is 2.73. The Kier molecular flexibility index (Phi) is 5.28. The second-order valence-corrected chi connectivity index (χ2v) is 8.11. The lowest BCUT2D eigenvalue weighted by Crippen LogP contribution is -1.82. The van der Waals surface area contributed by atoms with Gasteiger partial charge in [0.05, 0.1) is 10.6 Å². The molecular formula is C23H17BrN2S. The molecule has 0 amide bonds. The number of benzene rings is 3. The number of hydrogen-bond acceptors (Lipinski definition) is 3. The Balaban J connectivity index is 1.75. The highest BCUT2D eigenvalue weighted by atomic mass is 79.9. The molecule has 4 heteroatoms. The van der Waals surface area contributed by atoms with Crippen LogP contribution >= 0.6 is 27.3 Å². The van der Waals surface area contributed by atoms with Crippen molar-refractivity contribution in [1.29, 1.82) is 0 Å². The van der Waals surface area contributed by atoms with Gasteiger partial charge in [0.2, 0.25) is 5.13 Å². The standard InChI is InChI=1S/C23H17BrN2S/c1-16-7-11-18(12-8-16)21-22(19-5-3-2-4-6-19)27-23(26-21)25-15-17-9-13-20(24)14-10-17/h2-15H,1H3. The Hall–Kier alpha value is -2.56. The van der Waals surface area contributed by atoms with Crippen molar-refractivity contribution in [2.45, 2.75) is 6.92 Å². The highest BCUT2D eigenvalue weighted by molar-refractivity contribution is 9.10. The van der Waals surface area contributed by atoms with Crippen LogP contribution in [0.1, 0.15) is 11.1 Å². The zero-order valence-electron chi connectivity index (χ0n) is 14.8. The molecule has 132 valence electrons. The molecule has 0 fully saturated rings. The van der Waals surface area contributed by atoms with Crippen molar-refractivity contribution in [3.8, 4) is 21.7 Å². The van der Waals surface area contributed by atoms with E-state index in [1.165, 1.54) is 5.56 Å². The van der Waals surface area contributed by atoms with Crippen molar-refractivity contribution < 1.29 is 0 Å². The van der Waals surface area contributed by atoms with Gasteiger partial charge in [-0.25, -0.2) is 9.98 Å². The van der Waals surface area contributed by atoms with Gasteiger partial charge in [-0.1, -0.05) is 99.6 Å². The molecule has 0 spiro atoms. The van der Waals surface area contributed by atoms with E-state index in [1.807, 2.05) is 36.5 Å². The van der Waals surface area contributed by atoms with Gasteiger partial charge in [-0.2, -0.15) is 0 Å². The predicted molar refractivity (Wildman–Crippen MR) is 119 cm³/mol. The topological polar surface area (TPSA) is 25.2 Å². The molecule has 0 saturated carbocycles. The minimum Gasteiger partial charge on any atom is -0.227 e. The minimum absolute atomic E-state index is 0.757. The van der Waals surface area contributed by atoms with Gasteiger partial charge in [0.1, 0.15) is 0 Å². The van der Waals surface area contributed by atoms with E-state index >= 15 is 0 Å². The number of aryl methyl sites for hydroxylation is 1. The van der Waals surface area contributed by atoms with Crippen LogP contribution in [-0.4, -0.2) is 11.2 Å². The van der Waals surface area contributed by atoms with Crippen LogP contribution in [0.3, 0.4) is 0 Å². The van der Waals surface area contributed by atoms with Crippen LogP contribution < -0.4 is 0 Å². The quantitative estimate of drug-likeness (QED) is 0.310. The van der Waals surface area contributed by atoms with Crippen molar-refractivity contribution >= 4 is 38.6 Å². The molecule has 4 aromatic rings. The molecule has 1 aromatic heterocycles. The number of thiazole rings is 1. The molecule has 0 bridgehead atoms. The Morgan fingerprint density at radius 2 is 1.56 bits per heavy atom. The van der Waals surface area contributed by atoms with Crippen LogP contribution in [0.4, 0.5) is 5.13 Å². The van der Waals surface area contributed by atoms with E-state index < -0.39 is 0 Å². The van der Waals surface area contributed by atoms with Crippen molar-refractivity contribution in [1.82, 2.24) is 4.98 Å². The van der Waals surface area contributed by atoms with Gasteiger partial charge >= 0.3 is 0 Å². The molecule has 1 heterocycles. The lowest BCUT2D eigenvalue weighted by molar-refractivity contribution is 1.35. The first-order valence-corrected chi connectivity index (χ1v) is 10.2. The average molecular weight is 433 g/mol. The molecule has 0 N–H and O–H groups in total. The van der Waals surface area contributed by atoms with E-state index in [0.717, 1.165) is 36.9 Å². The van der Waals surface area contributed by atoms with E-state index in [2.05, 4.69) is 76.4 Å². The van der Waals surface area contributed by atoms with Crippen molar-refractivity contribution in [3.63, 3.8) is 0 Å². The first-order chi connectivity index (χ1) is 13.2. The molecular weight excluding hydrogens is 416 g/mol. The van der Waals surface area contributed by atoms with Gasteiger partial charge < -0.3 is 0 Å². The highest BCUT2D eigenvalue weighted by Gasteiger charge is 2.14. The van der Waals surface area contributed by atoms with Gasteiger partial charge in [0.15, 0.2) is 0 Å². The lowest BCUT2D eigenvalue weighted by Gasteiger charge is -2.03. The van der Waals surface area contributed by atoms with Crippen molar-refractivity contribution in [3.05, 3.63) is 94.5 Å². The fourth-order valence-corrected chi connectivity index (χ4v) is 3.94. The van der Waals surface area contributed by atoms with Crippen LogP contribution in [-0.2, 0) is 0 Å². The zero-order chi connectivity index (χ0) is 18.6. The monoisotopic (exact) mass is 432 g/mol. The Bertz CT molecular complexity index is 1070. The van der Waals surface area contributed by atoms with Crippen molar-refractivity contribution in [2.75, 3.05) is 0 Å². The van der Waals surface area contributed by atoms with Gasteiger partial charge in [-0.3, -0.25) is 0 Å². The van der Waals surface area contributed by atoms with Crippen LogP contribution in [0.2, 0.25) is 0 Å². The summed E-state index contributed by atoms with van der Waals surface area (Å²) < 4.78 is 1.06. The molecule has 0 aliphatic rings. The number of hydrogen-bond donors (Lipinski definition) is 0. The molecule has 0 radical (unpaired) electrons. The normalized spacial score (nSPS) is 11.2. The van der Waals surface area contributed by atoms with Crippen molar-refractivity contribution in [2.24, 2.45) is 4.99 Å². The molecule has 0 aliphatic heterocycles. The Morgan fingerprint density at radius 1 is 0.852 bits per heavy atom. The summed E-state index contributed by atoms with van der Waals surface area (Å²) in [6.45, 7) is 2.09. The van der Waals surface area contributed by atoms with E-state index in [0.29, 0.717) is 0 Å². The third-order valence-corrected chi connectivity index (χ3v) is 5.71. The minimum atomic E-state index is 0.757. The highest BCUT2D eigenvalue weighted by Crippen LogP contribution is 2.40. The summed E-state index contributed by atoms with van der Waals surface area (Å²) in [6, 6.07) is 26.9. The molecule has 0 aliphatic carbocycles. The third kappa shape index (κ3) is 4.24. The van der Waals surface area contributed by atoms with E-state index in [1.54, 1.807) is 11.3 Å². The van der Waals surface area contributed by atoms with Crippen LogP contribution in [0, 0.1) is 6.92 Å². The van der Waals surface area contributed by atoms with E-state index in [9.17, 15) is 0 Å². The third-order valence-electron chi connectivity index (χ3n) is 4.17. The summed E-state index contributed by atoms with van der Waals surface area (Å²) >= 11 is 5.07. The number of nitrogens with zero attached hydrogens (tertiary/aromatic N) is 2. The zero-order valence-corrected chi connectivity index (χ0v) is 17.2. The van der Waals surface area contributed by atoms with E-state index in [-0.39, 0.29) is 0 Å². The summed E-state index contributed by atoms with van der Waals surface area (Å²) in [7, 11) is 0. The Morgan fingerprint density at radius 3 is 2.26 bits per heavy atom. The lowest BCUT2D eigenvalue weighted by atomic mass is 10.1. The fraction of sp³-hybridized carbons (Fsp3) is 0.0435. The molecule has 0 saturated heterocycles. The van der Waals surface area contributed by atoms with Gasteiger partial charge in [0.25, 0.3) is 0 Å². The largest absolute Gasteiger partial charge is 0.227 e. The smallest absolute Gasteiger partial charge is 0.210 e. The molecule has 4 rings (SSSR count). The second kappa shape index (κ2) is 7.99. The summed E-state index contributed by atoms with van der Waals surface area (Å²) in [6.07, 6.45) is 1.86.